The summed E-state index contributed by atoms with van der Waals surface area (Å²) < 4.78 is 5.25. The molecular weight excluding hydrogens is 386 g/mol. The average Bonchev–Trinajstić information content (AvgIpc) is 2.93. The molecule has 5 nitrogen and oxygen atoms in total. The summed E-state index contributed by atoms with van der Waals surface area (Å²) in [6, 6.07) is 8.65. The first-order valence-corrected chi connectivity index (χ1v) is 11.0. The zero-order valence-electron chi connectivity index (χ0n) is 17.6. The van der Waals surface area contributed by atoms with Gasteiger partial charge in [-0.3, -0.25) is 9.69 Å². The molecule has 2 unspecified atom stereocenters. The third-order valence-electron chi connectivity index (χ3n) is 7.23. The van der Waals surface area contributed by atoms with Gasteiger partial charge >= 0.3 is 0 Å². The normalized spacial score (nSPS) is 30.2. The second-order valence-corrected chi connectivity index (χ2v) is 9.00. The Kier molecular flexibility index (Phi) is 7.83. The molecule has 1 saturated heterocycles. The molecule has 1 aliphatic heterocycles. The first-order valence-electron chi connectivity index (χ1n) is 11.0. The highest BCUT2D eigenvalue weighted by atomic mass is 35.5. The smallest absolute Gasteiger partial charge is 0.225 e. The van der Waals surface area contributed by atoms with Gasteiger partial charge in [-0.05, 0) is 61.6 Å². The van der Waals surface area contributed by atoms with E-state index < -0.39 is 0 Å². The van der Waals surface area contributed by atoms with Gasteiger partial charge in [0.05, 0.1) is 7.11 Å². The molecule has 0 aromatic heterocycles. The number of nitrogens with zero attached hydrogens (tertiary/aromatic N) is 2. The quantitative estimate of drug-likeness (QED) is 0.810. The molecule has 2 aliphatic carbocycles. The molecule has 3 aliphatic rings. The SMILES string of the molecule is COc1ccc(CN2CCCN(C(=O)C3CC4CCCC(C3)C4N)CC2)cc1.Cl. The Bertz CT molecular complexity index is 655. The van der Waals surface area contributed by atoms with E-state index in [2.05, 4.69) is 21.9 Å². The van der Waals surface area contributed by atoms with Crippen LogP contribution >= 0.6 is 12.4 Å². The Morgan fingerprint density at radius 1 is 1.03 bits per heavy atom. The number of ether oxygens (including phenoxy) is 1. The van der Waals surface area contributed by atoms with Gasteiger partial charge < -0.3 is 15.4 Å². The Balaban J connectivity index is 0.00000240. The number of benzene rings is 1. The van der Waals surface area contributed by atoms with E-state index in [1.807, 2.05) is 12.1 Å². The molecule has 2 N–H and O–H groups in total. The second kappa shape index (κ2) is 10.1. The van der Waals surface area contributed by atoms with Crippen LogP contribution in [0.1, 0.15) is 44.1 Å². The molecule has 1 aromatic rings. The lowest BCUT2D eigenvalue weighted by atomic mass is 9.65. The number of hydrogen-bond acceptors (Lipinski definition) is 4. The van der Waals surface area contributed by atoms with Crippen molar-refractivity contribution in [3.8, 4) is 5.75 Å². The number of halogens is 1. The molecule has 6 heteroatoms. The summed E-state index contributed by atoms with van der Waals surface area (Å²) in [6.45, 7) is 4.70. The van der Waals surface area contributed by atoms with Crippen LogP contribution in [0.5, 0.6) is 5.75 Å². The maximum Gasteiger partial charge on any atom is 0.225 e. The Hall–Kier alpha value is -1.30. The Labute approximate surface area is 181 Å². The maximum atomic E-state index is 13.2. The molecule has 2 saturated carbocycles. The molecule has 3 fully saturated rings. The lowest BCUT2D eigenvalue weighted by Gasteiger charge is -2.44. The highest BCUT2D eigenvalue weighted by Crippen LogP contribution is 2.42. The van der Waals surface area contributed by atoms with E-state index in [4.69, 9.17) is 10.5 Å². The molecule has 1 heterocycles. The lowest BCUT2D eigenvalue weighted by molar-refractivity contribution is -0.138. The summed E-state index contributed by atoms with van der Waals surface area (Å²) >= 11 is 0. The van der Waals surface area contributed by atoms with E-state index in [0.29, 0.717) is 23.8 Å². The van der Waals surface area contributed by atoms with Gasteiger partial charge in [-0.25, -0.2) is 0 Å². The van der Waals surface area contributed by atoms with Crippen LogP contribution in [-0.2, 0) is 11.3 Å². The molecule has 1 amide bonds. The first-order chi connectivity index (χ1) is 13.6. The number of methoxy groups -OCH3 is 1. The topological polar surface area (TPSA) is 58.8 Å². The lowest BCUT2D eigenvalue weighted by Crippen LogP contribution is -2.50. The fourth-order valence-electron chi connectivity index (χ4n) is 5.59. The number of fused-ring (bicyclic) bond motifs is 2. The highest BCUT2D eigenvalue weighted by Gasteiger charge is 2.41. The van der Waals surface area contributed by atoms with Crippen molar-refractivity contribution in [2.45, 2.75) is 51.1 Å². The zero-order chi connectivity index (χ0) is 19.5. The van der Waals surface area contributed by atoms with Crippen molar-refractivity contribution in [1.82, 2.24) is 9.80 Å². The fraction of sp³-hybridized carbons (Fsp3) is 0.696. The van der Waals surface area contributed by atoms with Gasteiger partial charge in [0, 0.05) is 44.7 Å². The van der Waals surface area contributed by atoms with Crippen LogP contribution in [0.15, 0.2) is 24.3 Å². The minimum atomic E-state index is 0. The molecule has 162 valence electrons. The monoisotopic (exact) mass is 421 g/mol. The first kappa shape index (κ1) is 22.4. The van der Waals surface area contributed by atoms with Gasteiger partial charge in [-0.1, -0.05) is 18.6 Å². The van der Waals surface area contributed by atoms with Crippen molar-refractivity contribution < 1.29 is 9.53 Å². The Morgan fingerprint density at radius 2 is 1.72 bits per heavy atom. The van der Waals surface area contributed by atoms with Gasteiger partial charge in [0.1, 0.15) is 5.75 Å². The minimum Gasteiger partial charge on any atom is -0.497 e. The highest BCUT2D eigenvalue weighted by molar-refractivity contribution is 5.85. The van der Waals surface area contributed by atoms with Crippen LogP contribution in [-0.4, -0.2) is 55.0 Å². The van der Waals surface area contributed by atoms with E-state index in [-0.39, 0.29) is 18.3 Å². The molecule has 2 bridgehead atoms. The predicted octanol–water partition coefficient (Wildman–Crippen LogP) is 3.30. The van der Waals surface area contributed by atoms with Crippen molar-refractivity contribution in [1.29, 1.82) is 0 Å². The number of nitrogens with two attached hydrogens (primary N) is 1. The van der Waals surface area contributed by atoms with Crippen molar-refractivity contribution >= 4 is 18.3 Å². The van der Waals surface area contributed by atoms with Crippen LogP contribution in [0.25, 0.3) is 0 Å². The predicted molar refractivity (Wildman–Crippen MR) is 118 cm³/mol. The molecule has 29 heavy (non-hydrogen) atoms. The van der Waals surface area contributed by atoms with Crippen molar-refractivity contribution in [3.63, 3.8) is 0 Å². The van der Waals surface area contributed by atoms with E-state index in [1.165, 1.54) is 24.8 Å². The molecule has 0 radical (unpaired) electrons. The third kappa shape index (κ3) is 5.25. The number of carbonyl (C=O) groups excluding carboxylic acids is 1. The number of rotatable bonds is 4. The van der Waals surface area contributed by atoms with Crippen LogP contribution < -0.4 is 10.5 Å². The number of carbonyl (C=O) groups is 1. The van der Waals surface area contributed by atoms with Crippen LogP contribution in [0.2, 0.25) is 0 Å². The van der Waals surface area contributed by atoms with Crippen LogP contribution in [0, 0.1) is 17.8 Å². The van der Waals surface area contributed by atoms with Crippen LogP contribution in [0.3, 0.4) is 0 Å². The Morgan fingerprint density at radius 3 is 2.38 bits per heavy atom. The summed E-state index contributed by atoms with van der Waals surface area (Å²) in [7, 11) is 1.70. The van der Waals surface area contributed by atoms with Gasteiger partial charge in [-0.2, -0.15) is 0 Å². The van der Waals surface area contributed by atoms with E-state index in [9.17, 15) is 4.79 Å². The van der Waals surface area contributed by atoms with Crippen molar-refractivity contribution in [2.24, 2.45) is 23.5 Å². The molecule has 0 spiro atoms. The summed E-state index contributed by atoms with van der Waals surface area (Å²) in [4.78, 5) is 17.8. The van der Waals surface area contributed by atoms with Crippen molar-refractivity contribution in [3.05, 3.63) is 29.8 Å². The van der Waals surface area contributed by atoms with Crippen molar-refractivity contribution in [2.75, 3.05) is 33.3 Å². The summed E-state index contributed by atoms with van der Waals surface area (Å²) in [5, 5.41) is 0. The van der Waals surface area contributed by atoms with E-state index >= 15 is 0 Å². The average molecular weight is 422 g/mol. The fourth-order valence-corrected chi connectivity index (χ4v) is 5.59. The third-order valence-corrected chi connectivity index (χ3v) is 7.23. The van der Waals surface area contributed by atoms with E-state index in [1.54, 1.807) is 7.11 Å². The van der Waals surface area contributed by atoms with Gasteiger partial charge in [0.2, 0.25) is 5.91 Å². The summed E-state index contributed by atoms with van der Waals surface area (Å²) in [6.07, 6.45) is 6.83. The van der Waals surface area contributed by atoms with Gasteiger partial charge in [0.15, 0.2) is 0 Å². The maximum absolute atomic E-state index is 13.2. The van der Waals surface area contributed by atoms with Crippen LogP contribution in [0.4, 0.5) is 0 Å². The number of amides is 1. The molecule has 2 atom stereocenters. The standard InChI is InChI=1S/C23H35N3O2.ClH/c1-28-21-8-6-17(7-9-21)16-25-10-3-11-26(13-12-25)23(27)20-14-18-4-2-5-19(15-20)22(18)24;/h6-9,18-20,22H,2-5,10-16,24H2,1H3;1H. The molecule has 4 rings (SSSR count). The largest absolute Gasteiger partial charge is 0.497 e. The van der Waals surface area contributed by atoms with Gasteiger partial charge in [0.25, 0.3) is 0 Å². The number of hydrogen-bond donors (Lipinski definition) is 1. The van der Waals surface area contributed by atoms with E-state index in [0.717, 1.165) is 57.7 Å². The summed E-state index contributed by atoms with van der Waals surface area (Å²) in [5.74, 6) is 2.65. The summed E-state index contributed by atoms with van der Waals surface area (Å²) in [5.41, 5.74) is 7.72. The molecular formula is C23H36ClN3O2. The second-order valence-electron chi connectivity index (χ2n) is 9.00. The molecule has 1 aromatic carbocycles. The minimum absolute atomic E-state index is 0. The zero-order valence-corrected chi connectivity index (χ0v) is 18.4. The van der Waals surface area contributed by atoms with Gasteiger partial charge in [-0.15, -0.1) is 12.4 Å².